The molecule has 0 fully saturated rings. The first-order valence-electron chi connectivity index (χ1n) is 6.65. The molecular weight excluding hydrogens is 403 g/mol. The summed E-state index contributed by atoms with van der Waals surface area (Å²) in [7, 11) is 0. The van der Waals surface area contributed by atoms with Crippen LogP contribution in [-0.4, -0.2) is 12.6 Å². The molecule has 0 N–H and O–H groups in total. The fourth-order valence-electron chi connectivity index (χ4n) is 1.76. The number of esters is 1. The summed E-state index contributed by atoms with van der Waals surface area (Å²) in [4.78, 5) is 11.8. The third-order valence-electron chi connectivity index (χ3n) is 2.90. The van der Waals surface area contributed by atoms with Gasteiger partial charge in [-0.25, -0.2) is 4.79 Å². The van der Waals surface area contributed by atoms with Gasteiger partial charge in [0.05, 0.1) is 10.0 Å². The van der Waals surface area contributed by atoms with Crippen LogP contribution in [0.3, 0.4) is 0 Å². The molecule has 6 heteroatoms. The average Bonchev–Trinajstić information content (AvgIpc) is 2.52. The maximum absolute atomic E-state index is 11.8. The van der Waals surface area contributed by atoms with Crippen molar-refractivity contribution >= 4 is 45.1 Å². The molecule has 0 aliphatic rings. The maximum Gasteiger partial charge on any atom is 0.338 e. The molecule has 3 nitrogen and oxygen atoms in total. The van der Waals surface area contributed by atoms with Crippen molar-refractivity contribution in [1.82, 2.24) is 0 Å². The third-order valence-corrected chi connectivity index (χ3v) is 4.10. The predicted molar refractivity (Wildman–Crippen MR) is 95.4 cm³/mol. The summed E-state index contributed by atoms with van der Waals surface area (Å²) in [5.41, 5.74) is 1.24. The molecular formula is C17H13BrCl2O3. The lowest BCUT2D eigenvalue weighted by molar-refractivity contribution is 0.0549. The molecule has 0 saturated carbocycles. The molecule has 2 rings (SSSR count). The van der Waals surface area contributed by atoms with Crippen molar-refractivity contribution in [3.8, 4) is 5.75 Å². The van der Waals surface area contributed by atoms with Crippen LogP contribution in [0.1, 0.15) is 15.9 Å². The summed E-state index contributed by atoms with van der Waals surface area (Å²) in [6.07, 6.45) is 1.51. The summed E-state index contributed by atoms with van der Waals surface area (Å²) in [6.45, 7) is 3.96. The van der Waals surface area contributed by atoms with E-state index in [0.717, 1.165) is 5.56 Å². The summed E-state index contributed by atoms with van der Waals surface area (Å²) in [5.74, 6) is 0.175. The third kappa shape index (κ3) is 4.99. The van der Waals surface area contributed by atoms with E-state index in [9.17, 15) is 4.79 Å². The van der Waals surface area contributed by atoms with Crippen LogP contribution in [0.2, 0.25) is 10.0 Å². The molecule has 0 aliphatic carbocycles. The molecule has 0 atom stereocenters. The predicted octanol–water partition coefficient (Wildman–Crippen LogP) is 5.68. The van der Waals surface area contributed by atoms with Gasteiger partial charge in [0.25, 0.3) is 0 Å². The van der Waals surface area contributed by atoms with Crippen molar-refractivity contribution in [2.45, 2.75) is 6.61 Å². The van der Waals surface area contributed by atoms with Crippen molar-refractivity contribution in [2.75, 3.05) is 6.61 Å². The van der Waals surface area contributed by atoms with Gasteiger partial charge in [0, 0.05) is 15.6 Å². The van der Waals surface area contributed by atoms with Crippen LogP contribution in [-0.2, 0) is 11.3 Å². The zero-order valence-corrected chi connectivity index (χ0v) is 15.1. The van der Waals surface area contributed by atoms with E-state index >= 15 is 0 Å². The van der Waals surface area contributed by atoms with Crippen LogP contribution >= 0.6 is 39.1 Å². The second kappa shape index (κ2) is 8.39. The fourth-order valence-corrected chi connectivity index (χ4v) is 2.71. The Balaban J connectivity index is 2.06. The molecule has 0 amide bonds. The standard InChI is InChI=1S/C17H13BrCl2O3/c1-2-7-22-17(21)11-4-6-16(14(18)8-11)23-10-12-3-5-13(19)9-15(12)20/h2-6,8-9H,1,7,10H2. The van der Waals surface area contributed by atoms with Crippen molar-refractivity contribution in [1.29, 1.82) is 0 Å². The molecule has 120 valence electrons. The number of hydrogen-bond acceptors (Lipinski definition) is 3. The van der Waals surface area contributed by atoms with E-state index in [1.165, 1.54) is 6.08 Å². The zero-order valence-electron chi connectivity index (χ0n) is 12.0. The van der Waals surface area contributed by atoms with Gasteiger partial charge in [-0.15, -0.1) is 0 Å². The van der Waals surface area contributed by atoms with E-state index in [0.29, 0.717) is 25.8 Å². The van der Waals surface area contributed by atoms with Gasteiger partial charge in [-0.3, -0.25) is 0 Å². The van der Waals surface area contributed by atoms with E-state index in [1.807, 2.05) is 0 Å². The lowest BCUT2D eigenvalue weighted by atomic mass is 10.2. The molecule has 0 saturated heterocycles. The summed E-state index contributed by atoms with van der Waals surface area (Å²) < 4.78 is 11.3. The zero-order chi connectivity index (χ0) is 16.8. The number of carbonyl (C=O) groups excluding carboxylic acids is 1. The quantitative estimate of drug-likeness (QED) is 0.449. The van der Waals surface area contributed by atoms with Crippen LogP contribution < -0.4 is 4.74 Å². The normalized spacial score (nSPS) is 10.2. The van der Waals surface area contributed by atoms with Crippen molar-refractivity contribution < 1.29 is 14.3 Å². The van der Waals surface area contributed by atoms with E-state index in [1.54, 1.807) is 36.4 Å². The molecule has 0 aromatic heterocycles. The maximum atomic E-state index is 11.8. The monoisotopic (exact) mass is 414 g/mol. The lowest BCUT2D eigenvalue weighted by Gasteiger charge is -2.11. The number of ether oxygens (including phenoxy) is 2. The van der Waals surface area contributed by atoms with Gasteiger partial charge in [-0.2, -0.15) is 0 Å². The van der Waals surface area contributed by atoms with E-state index in [4.69, 9.17) is 32.7 Å². The highest BCUT2D eigenvalue weighted by Crippen LogP contribution is 2.28. The van der Waals surface area contributed by atoms with Crippen LogP contribution in [0.4, 0.5) is 0 Å². The Morgan fingerprint density at radius 2 is 2.00 bits per heavy atom. The van der Waals surface area contributed by atoms with Crippen LogP contribution in [0.15, 0.2) is 53.5 Å². The highest BCUT2D eigenvalue weighted by Gasteiger charge is 2.11. The van der Waals surface area contributed by atoms with Crippen molar-refractivity contribution in [3.05, 3.63) is 74.7 Å². The number of carbonyl (C=O) groups is 1. The Bertz CT molecular complexity index is 732. The van der Waals surface area contributed by atoms with Crippen LogP contribution in [0, 0.1) is 0 Å². The molecule has 2 aromatic carbocycles. The summed E-state index contributed by atoms with van der Waals surface area (Å²) in [5, 5.41) is 1.11. The van der Waals surface area contributed by atoms with Gasteiger partial charge in [0.2, 0.25) is 0 Å². The first-order chi connectivity index (χ1) is 11.0. The average molecular weight is 416 g/mol. The number of benzene rings is 2. The largest absolute Gasteiger partial charge is 0.488 e. The minimum absolute atomic E-state index is 0.170. The molecule has 0 radical (unpaired) electrons. The molecule has 0 bridgehead atoms. The molecule has 0 heterocycles. The van der Waals surface area contributed by atoms with Gasteiger partial charge in [0.1, 0.15) is 19.0 Å². The molecule has 23 heavy (non-hydrogen) atoms. The highest BCUT2D eigenvalue weighted by atomic mass is 79.9. The molecule has 2 aromatic rings. The second-order valence-electron chi connectivity index (χ2n) is 4.56. The topological polar surface area (TPSA) is 35.5 Å². The minimum Gasteiger partial charge on any atom is -0.488 e. The van der Waals surface area contributed by atoms with Gasteiger partial charge in [0.15, 0.2) is 0 Å². The number of rotatable bonds is 6. The Hall–Kier alpha value is -1.49. The molecule has 0 spiro atoms. The van der Waals surface area contributed by atoms with E-state index in [2.05, 4.69) is 22.5 Å². The van der Waals surface area contributed by atoms with Gasteiger partial charge in [-0.1, -0.05) is 41.9 Å². The summed E-state index contributed by atoms with van der Waals surface area (Å²) in [6, 6.07) is 10.2. The lowest BCUT2D eigenvalue weighted by Crippen LogP contribution is -2.05. The SMILES string of the molecule is C=CCOC(=O)c1ccc(OCc2ccc(Cl)cc2Cl)c(Br)c1. The Labute approximate surface area is 152 Å². The Kier molecular flexibility index (Phi) is 6.51. The smallest absolute Gasteiger partial charge is 0.338 e. The van der Waals surface area contributed by atoms with Gasteiger partial charge >= 0.3 is 5.97 Å². The van der Waals surface area contributed by atoms with E-state index in [-0.39, 0.29) is 13.2 Å². The van der Waals surface area contributed by atoms with Crippen molar-refractivity contribution in [2.24, 2.45) is 0 Å². The van der Waals surface area contributed by atoms with Crippen LogP contribution in [0.25, 0.3) is 0 Å². The Morgan fingerprint density at radius 1 is 1.22 bits per heavy atom. The molecule has 0 unspecified atom stereocenters. The van der Waals surface area contributed by atoms with Crippen molar-refractivity contribution in [3.63, 3.8) is 0 Å². The number of halogens is 3. The molecule has 0 aliphatic heterocycles. The number of hydrogen-bond donors (Lipinski definition) is 0. The first kappa shape index (κ1) is 17.9. The van der Waals surface area contributed by atoms with Crippen LogP contribution in [0.5, 0.6) is 5.75 Å². The van der Waals surface area contributed by atoms with Gasteiger partial charge in [-0.05, 0) is 46.3 Å². The minimum atomic E-state index is -0.419. The summed E-state index contributed by atoms with van der Waals surface area (Å²) >= 11 is 15.3. The van der Waals surface area contributed by atoms with E-state index < -0.39 is 5.97 Å². The highest BCUT2D eigenvalue weighted by molar-refractivity contribution is 9.10. The van der Waals surface area contributed by atoms with Gasteiger partial charge < -0.3 is 9.47 Å². The first-order valence-corrected chi connectivity index (χ1v) is 8.20. The Morgan fingerprint density at radius 3 is 2.65 bits per heavy atom. The second-order valence-corrected chi connectivity index (χ2v) is 6.25. The fraction of sp³-hybridized carbons (Fsp3) is 0.118.